The van der Waals surface area contributed by atoms with Gasteiger partial charge < -0.3 is 19.5 Å². The lowest BCUT2D eigenvalue weighted by Gasteiger charge is -2.46. The molecule has 2 aliphatic heterocycles. The number of piperidine rings is 1. The van der Waals surface area contributed by atoms with Crippen molar-refractivity contribution in [3.8, 4) is 0 Å². The monoisotopic (exact) mass is 424 g/mol. The van der Waals surface area contributed by atoms with Gasteiger partial charge in [0.15, 0.2) is 0 Å². The number of ether oxygens (including phenoxy) is 2. The van der Waals surface area contributed by atoms with Gasteiger partial charge in [-0.3, -0.25) is 4.90 Å². The summed E-state index contributed by atoms with van der Waals surface area (Å²) in [6, 6.07) is 8.57. The van der Waals surface area contributed by atoms with E-state index in [2.05, 4.69) is 17.0 Å². The van der Waals surface area contributed by atoms with Crippen LogP contribution in [-0.2, 0) is 15.9 Å². The summed E-state index contributed by atoms with van der Waals surface area (Å²) in [7, 11) is 0. The van der Waals surface area contributed by atoms with Crippen molar-refractivity contribution in [1.29, 1.82) is 0 Å². The number of hydrogen-bond donors (Lipinski definition) is 1. The van der Waals surface area contributed by atoms with E-state index in [4.69, 9.17) is 21.1 Å². The van der Waals surface area contributed by atoms with Gasteiger partial charge in [0.1, 0.15) is 5.60 Å². The molecule has 2 heterocycles. The zero-order chi connectivity index (χ0) is 21.0. The molecule has 6 nitrogen and oxygen atoms in total. The topological polar surface area (TPSA) is 62.2 Å². The first-order valence-corrected chi connectivity index (χ1v) is 10.8. The van der Waals surface area contributed by atoms with E-state index in [0.717, 1.165) is 24.3 Å². The number of carbonyl (C=O) groups excluding carboxylic acids is 1. The quantitative estimate of drug-likeness (QED) is 0.803. The average molecular weight is 425 g/mol. The van der Waals surface area contributed by atoms with Gasteiger partial charge in [0, 0.05) is 36.7 Å². The summed E-state index contributed by atoms with van der Waals surface area (Å²) < 4.78 is 11.4. The van der Waals surface area contributed by atoms with Crippen LogP contribution in [0.25, 0.3) is 0 Å². The zero-order valence-electron chi connectivity index (χ0n) is 17.6. The Hall–Kier alpha value is -1.34. The van der Waals surface area contributed by atoms with Crippen molar-refractivity contribution in [3.05, 3.63) is 34.9 Å². The van der Waals surface area contributed by atoms with Crippen LogP contribution < -0.4 is 0 Å². The molecule has 2 fully saturated rings. The summed E-state index contributed by atoms with van der Waals surface area (Å²) in [4.78, 5) is 16.6. The van der Waals surface area contributed by atoms with Gasteiger partial charge in [-0.05, 0) is 57.7 Å². The first kappa shape index (κ1) is 22.3. The number of halogens is 1. The van der Waals surface area contributed by atoms with Crippen molar-refractivity contribution in [2.45, 2.75) is 63.8 Å². The van der Waals surface area contributed by atoms with Gasteiger partial charge in [-0.15, -0.1) is 0 Å². The van der Waals surface area contributed by atoms with Crippen molar-refractivity contribution in [3.63, 3.8) is 0 Å². The summed E-state index contributed by atoms with van der Waals surface area (Å²) in [5.74, 6) is 0. The normalized spacial score (nSPS) is 24.5. The highest BCUT2D eigenvalue weighted by molar-refractivity contribution is 6.30. The molecule has 0 spiro atoms. The number of nitrogens with zero attached hydrogens (tertiary/aromatic N) is 2. The predicted molar refractivity (Wildman–Crippen MR) is 113 cm³/mol. The van der Waals surface area contributed by atoms with Crippen LogP contribution in [-0.4, -0.2) is 77.6 Å². The number of carbonyl (C=O) groups is 1. The van der Waals surface area contributed by atoms with Crippen molar-refractivity contribution in [1.82, 2.24) is 9.80 Å². The van der Waals surface area contributed by atoms with Crippen LogP contribution in [0.5, 0.6) is 0 Å². The minimum atomic E-state index is -0.476. The van der Waals surface area contributed by atoms with Gasteiger partial charge in [-0.1, -0.05) is 23.7 Å². The summed E-state index contributed by atoms with van der Waals surface area (Å²) in [5, 5.41) is 10.3. The molecule has 7 heteroatoms. The highest BCUT2D eigenvalue weighted by atomic mass is 35.5. The lowest BCUT2D eigenvalue weighted by molar-refractivity contribution is -0.102. The van der Waals surface area contributed by atoms with E-state index in [1.807, 2.05) is 32.9 Å². The standard InChI is InChI=1S/C22H33ClN2O4/c1-22(2,3)29-21(27)24-10-8-18(9-11-24)25-13-20(14-26)28-15-19(25)12-16-4-6-17(23)7-5-16/h4-7,18-20,26H,8-15H2,1-3H3/t19-,20?/m0/s1. The molecule has 0 radical (unpaired) electrons. The third kappa shape index (κ3) is 6.32. The highest BCUT2D eigenvalue weighted by Gasteiger charge is 2.36. The van der Waals surface area contributed by atoms with Crippen LogP contribution in [0.3, 0.4) is 0 Å². The smallest absolute Gasteiger partial charge is 0.410 e. The molecule has 1 aromatic carbocycles. The van der Waals surface area contributed by atoms with E-state index in [-0.39, 0.29) is 24.8 Å². The van der Waals surface area contributed by atoms with Crippen molar-refractivity contribution < 1.29 is 19.4 Å². The third-order valence-electron chi connectivity index (χ3n) is 5.58. The molecule has 29 heavy (non-hydrogen) atoms. The summed E-state index contributed by atoms with van der Waals surface area (Å²) in [6.45, 7) is 8.39. The number of aliphatic hydroxyl groups excluding tert-OH is 1. The Morgan fingerprint density at radius 2 is 1.90 bits per heavy atom. The van der Waals surface area contributed by atoms with Gasteiger partial charge >= 0.3 is 6.09 Å². The molecule has 0 aromatic heterocycles. The minimum absolute atomic E-state index is 0.0287. The molecule has 2 saturated heterocycles. The highest BCUT2D eigenvalue weighted by Crippen LogP contribution is 2.26. The van der Waals surface area contributed by atoms with E-state index in [1.54, 1.807) is 4.90 Å². The van der Waals surface area contributed by atoms with Crippen molar-refractivity contribution >= 4 is 17.7 Å². The van der Waals surface area contributed by atoms with Crippen LogP contribution in [0.15, 0.2) is 24.3 Å². The molecule has 2 aliphatic rings. The van der Waals surface area contributed by atoms with Gasteiger partial charge in [0.25, 0.3) is 0 Å². The Morgan fingerprint density at radius 3 is 2.48 bits per heavy atom. The molecular weight excluding hydrogens is 392 g/mol. The third-order valence-corrected chi connectivity index (χ3v) is 5.83. The van der Waals surface area contributed by atoms with Crippen LogP contribution in [0.2, 0.25) is 5.02 Å². The Morgan fingerprint density at radius 1 is 1.24 bits per heavy atom. The lowest BCUT2D eigenvalue weighted by Crippen LogP contribution is -2.58. The van der Waals surface area contributed by atoms with Gasteiger partial charge in [0.2, 0.25) is 0 Å². The molecule has 0 saturated carbocycles. The molecule has 0 aliphatic carbocycles. The number of morpholine rings is 1. The maximum absolute atomic E-state index is 12.4. The molecule has 3 rings (SSSR count). The second-order valence-corrected chi connectivity index (χ2v) is 9.45. The van der Waals surface area contributed by atoms with Gasteiger partial charge in [-0.25, -0.2) is 4.79 Å². The average Bonchev–Trinajstić information content (AvgIpc) is 2.69. The van der Waals surface area contributed by atoms with E-state index >= 15 is 0 Å². The maximum Gasteiger partial charge on any atom is 0.410 e. The molecule has 2 atom stereocenters. The Balaban J connectivity index is 1.62. The van der Waals surface area contributed by atoms with Crippen LogP contribution in [0.4, 0.5) is 4.79 Å². The second kappa shape index (κ2) is 9.65. The lowest BCUT2D eigenvalue weighted by atomic mass is 9.96. The molecule has 0 bridgehead atoms. The first-order chi connectivity index (χ1) is 13.7. The first-order valence-electron chi connectivity index (χ1n) is 10.5. The van der Waals surface area contributed by atoms with Crippen molar-refractivity contribution in [2.24, 2.45) is 0 Å². The number of rotatable bonds is 4. The Labute approximate surface area is 178 Å². The van der Waals surface area contributed by atoms with Crippen molar-refractivity contribution in [2.75, 3.05) is 32.8 Å². The fourth-order valence-corrected chi connectivity index (χ4v) is 4.24. The second-order valence-electron chi connectivity index (χ2n) is 9.02. The molecule has 1 aromatic rings. The van der Waals surface area contributed by atoms with E-state index in [0.29, 0.717) is 32.3 Å². The SMILES string of the molecule is CC(C)(C)OC(=O)N1CCC(N2CC(CO)OC[C@@H]2Cc2ccc(Cl)cc2)CC1. The molecule has 1 unspecified atom stereocenters. The van der Waals surface area contributed by atoms with E-state index in [9.17, 15) is 9.90 Å². The van der Waals surface area contributed by atoms with Gasteiger partial charge in [0.05, 0.1) is 19.3 Å². The van der Waals surface area contributed by atoms with Crippen LogP contribution in [0.1, 0.15) is 39.2 Å². The number of likely N-dealkylation sites (tertiary alicyclic amines) is 1. The summed E-state index contributed by atoms with van der Waals surface area (Å²) in [5.41, 5.74) is 0.748. The van der Waals surface area contributed by atoms with Crippen LogP contribution >= 0.6 is 11.6 Å². The molecule has 1 amide bonds. The Bertz CT molecular complexity index is 668. The largest absolute Gasteiger partial charge is 0.444 e. The number of amides is 1. The maximum atomic E-state index is 12.4. The van der Waals surface area contributed by atoms with E-state index in [1.165, 1.54) is 5.56 Å². The Kier molecular flexibility index (Phi) is 7.43. The zero-order valence-corrected chi connectivity index (χ0v) is 18.4. The number of hydrogen-bond acceptors (Lipinski definition) is 5. The van der Waals surface area contributed by atoms with Gasteiger partial charge in [-0.2, -0.15) is 0 Å². The number of aliphatic hydroxyl groups is 1. The molecular formula is C22H33ClN2O4. The number of benzene rings is 1. The molecule has 1 N–H and O–H groups in total. The minimum Gasteiger partial charge on any atom is -0.444 e. The summed E-state index contributed by atoms with van der Waals surface area (Å²) >= 11 is 6.02. The van der Waals surface area contributed by atoms with E-state index < -0.39 is 5.60 Å². The van der Waals surface area contributed by atoms with Crippen LogP contribution in [0, 0.1) is 0 Å². The molecule has 162 valence electrons. The predicted octanol–water partition coefficient (Wildman–Crippen LogP) is 3.34. The fourth-order valence-electron chi connectivity index (χ4n) is 4.11. The fraction of sp³-hybridized carbons (Fsp3) is 0.682. The summed E-state index contributed by atoms with van der Waals surface area (Å²) in [6.07, 6.45) is 2.29.